The van der Waals surface area contributed by atoms with Crippen LogP contribution in [-0.2, 0) is 11.2 Å². The van der Waals surface area contributed by atoms with Crippen LogP contribution in [0.4, 0.5) is 0 Å². The van der Waals surface area contributed by atoms with Crippen molar-refractivity contribution in [3.8, 4) is 0 Å². The van der Waals surface area contributed by atoms with E-state index in [1.54, 1.807) is 29.5 Å². The summed E-state index contributed by atoms with van der Waals surface area (Å²) in [7, 11) is 1.79. The molecule has 4 rings (SSSR count). The smallest absolute Gasteiger partial charge is 0.262 e. The lowest BCUT2D eigenvalue weighted by atomic mass is 10.00. The van der Waals surface area contributed by atoms with E-state index < -0.39 is 6.04 Å². The van der Waals surface area contributed by atoms with Gasteiger partial charge >= 0.3 is 0 Å². The molecule has 1 aromatic heterocycles. The first-order valence-electron chi connectivity index (χ1n) is 8.39. The van der Waals surface area contributed by atoms with Crippen molar-refractivity contribution >= 4 is 16.8 Å². The highest BCUT2D eigenvalue weighted by Crippen LogP contribution is 2.31. The van der Waals surface area contributed by atoms with Gasteiger partial charge in [-0.3, -0.25) is 14.2 Å². The van der Waals surface area contributed by atoms with E-state index in [1.165, 1.54) is 0 Å². The first kappa shape index (κ1) is 15.6. The second-order valence-electron chi connectivity index (χ2n) is 6.49. The SMILES string of the molecule is C[C@H]1C(=O)N(C)[C@@H](Cc2ccccc2)c2nc3ccccc3c(=O)n21. The second-order valence-corrected chi connectivity index (χ2v) is 6.49. The number of likely N-dealkylation sites (N-methyl/N-ethyl adjacent to an activating group) is 1. The third-order valence-electron chi connectivity index (χ3n) is 4.96. The molecule has 25 heavy (non-hydrogen) atoms. The van der Waals surface area contributed by atoms with Crippen LogP contribution in [0.1, 0.15) is 30.4 Å². The molecule has 0 fully saturated rings. The van der Waals surface area contributed by atoms with E-state index in [4.69, 9.17) is 4.98 Å². The van der Waals surface area contributed by atoms with Crippen LogP contribution in [0.2, 0.25) is 0 Å². The third kappa shape index (κ3) is 2.43. The first-order valence-corrected chi connectivity index (χ1v) is 8.39. The quantitative estimate of drug-likeness (QED) is 0.724. The molecule has 0 aliphatic carbocycles. The van der Waals surface area contributed by atoms with Crippen molar-refractivity contribution in [1.29, 1.82) is 0 Å². The molecule has 0 saturated heterocycles. The van der Waals surface area contributed by atoms with Crippen LogP contribution in [0.5, 0.6) is 0 Å². The molecule has 0 spiro atoms. The molecule has 3 aromatic rings. The van der Waals surface area contributed by atoms with Crippen molar-refractivity contribution < 1.29 is 4.79 Å². The van der Waals surface area contributed by atoms with Crippen molar-refractivity contribution in [3.63, 3.8) is 0 Å². The Hall–Kier alpha value is -2.95. The maximum absolute atomic E-state index is 13.0. The van der Waals surface area contributed by atoms with E-state index in [0.717, 1.165) is 5.56 Å². The average molecular weight is 333 g/mol. The molecule has 5 heteroatoms. The van der Waals surface area contributed by atoms with Crippen molar-refractivity contribution in [3.05, 3.63) is 76.3 Å². The number of para-hydroxylation sites is 1. The van der Waals surface area contributed by atoms with E-state index in [9.17, 15) is 9.59 Å². The molecule has 2 heterocycles. The van der Waals surface area contributed by atoms with Crippen molar-refractivity contribution in [1.82, 2.24) is 14.5 Å². The van der Waals surface area contributed by atoms with Crippen LogP contribution in [0.25, 0.3) is 10.9 Å². The largest absolute Gasteiger partial charge is 0.333 e. The lowest BCUT2D eigenvalue weighted by molar-refractivity contribution is -0.137. The second kappa shape index (κ2) is 5.84. The van der Waals surface area contributed by atoms with Crippen molar-refractivity contribution in [2.75, 3.05) is 7.05 Å². The van der Waals surface area contributed by atoms with Crippen LogP contribution in [0.15, 0.2) is 59.4 Å². The van der Waals surface area contributed by atoms with Crippen LogP contribution >= 0.6 is 0 Å². The van der Waals surface area contributed by atoms with Gasteiger partial charge in [-0.05, 0) is 24.6 Å². The lowest BCUT2D eigenvalue weighted by Gasteiger charge is -2.37. The number of amides is 1. The summed E-state index contributed by atoms with van der Waals surface area (Å²) >= 11 is 0. The van der Waals surface area contributed by atoms with E-state index in [-0.39, 0.29) is 17.5 Å². The summed E-state index contributed by atoms with van der Waals surface area (Å²) in [5.41, 5.74) is 1.63. The monoisotopic (exact) mass is 333 g/mol. The Morgan fingerprint density at radius 1 is 1.00 bits per heavy atom. The molecule has 5 nitrogen and oxygen atoms in total. The fraction of sp³-hybridized carbons (Fsp3) is 0.250. The van der Waals surface area contributed by atoms with Crippen molar-refractivity contribution in [2.24, 2.45) is 0 Å². The summed E-state index contributed by atoms with van der Waals surface area (Å²) in [6, 6.07) is 16.5. The van der Waals surface area contributed by atoms with E-state index in [2.05, 4.69) is 0 Å². The van der Waals surface area contributed by atoms with Crippen LogP contribution in [0.3, 0.4) is 0 Å². The molecule has 0 bridgehead atoms. The molecular weight excluding hydrogens is 314 g/mol. The molecule has 2 aromatic carbocycles. The standard InChI is InChI=1S/C20H19N3O2/c1-13-19(24)22(2)17(12-14-8-4-3-5-9-14)18-21-16-11-7-6-10-15(16)20(25)23(13)18/h3-11,13,17H,12H2,1-2H3/t13-,17-/m0/s1. The lowest BCUT2D eigenvalue weighted by Crippen LogP contribution is -2.48. The molecule has 0 unspecified atom stereocenters. The number of hydrogen-bond acceptors (Lipinski definition) is 3. The number of rotatable bonds is 2. The number of hydrogen-bond donors (Lipinski definition) is 0. The summed E-state index contributed by atoms with van der Waals surface area (Å²) in [4.78, 5) is 32.2. The Labute approximate surface area is 145 Å². The van der Waals surface area contributed by atoms with Gasteiger partial charge in [-0.15, -0.1) is 0 Å². The van der Waals surface area contributed by atoms with Gasteiger partial charge in [-0.1, -0.05) is 42.5 Å². The number of nitrogens with zero attached hydrogens (tertiary/aromatic N) is 3. The minimum absolute atomic E-state index is 0.0624. The molecule has 0 radical (unpaired) electrons. The maximum Gasteiger partial charge on any atom is 0.262 e. The highest BCUT2D eigenvalue weighted by molar-refractivity contribution is 5.83. The van der Waals surface area contributed by atoms with Gasteiger partial charge in [-0.2, -0.15) is 0 Å². The topological polar surface area (TPSA) is 55.2 Å². The zero-order valence-corrected chi connectivity index (χ0v) is 14.2. The number of fused-ring (bicyclic) bond motifs is 2. The van der Waals surface area contributed by atoms with E-state index in [0.29, 0.717) is 23.1 Å². The zero-order chi connectivity index (χ0) is 17.6. The van der Waals surface area contributed by atoms with Crippen molar-refractivity contribution in [2.45, 2.75) is 25.4 Å². The van der Waals surface area contributed by atoms with Crippen LogP contribution in [-0.4, -0.2) is 27.4 Å². The molecule has 0 N–H and O–H groups in total. The predicted molar refractivity (Wildman–Crippen MR) is 96.4 cm³/mol. The summed E-state index contributed by atoms with van der Waals surface area (Å²) in [5.74, 6) is 0.592. The Morgan fingerprint density at radius 3 is 2.44 bits per heavy atom. The van der Waals surface area contributed by atoms with Gasteiger partial charge in [0.25, 0.3) is 5.56 Å². The van der Waals surface area contributed by atoms with E-state index >= 15 is 0 Å². The molecule has 2 atom stereocenters. The van der Waals surface area contributed by atoms with Gasteiger partial charge in [0.1, 0.15) is 11.9 Å². The number of benzene rings is 2. The maximum atomic E-state index is 13.0. The Morgan fingerprint density at radius 2 is 1.68 bits per heavy atom. The molecule has 1 amide bonds. The zero-order valence-electron chi connectivity index (χ0n) is 14.2. The molecule has 126 valence electrons. The Bertz CT molecular complexity index is 1010. The van der Waals surface area contributed by atoms with Crippen LogP contribution in [0, 0.1) is 0 Å². The summed E-state index contributed by atoms with van der Waals surface area (Å²) in [6.07, 6.45) is 0.626. The van der Waals surface area contributed by atoms with Gasteiger partial charge in [0, 0.05) is 13.5 Å². The minimum Gasteiger partial charge on any atom is -0.333 e. The fourth-order valence-corrected chi connectivity index (χ4v) is 3.57. The highest BCUT2D eigenvalue weighted by atomic mass is 16.2. The van der Waals surface area contributed by atoms with E-state index in [1.807, 2.05) is 48.5 Å². The summed E-state index contributed by atoms with van der Waals surface area (Å²) in [5, 5.41) is 0.550. The minimum atomic E-state index is -0.545. The average Bonchev–Trinajstić information content (AvgIpc) is 2.64. The summed E-state index contributed by atoms with van der Waals surface area (Å²) < 4.78 is 1.57. The normalized spacial score (nSPS) is 19.9. The number of carbonyl (C=O) groups is 1. The number of carbonyl (C=O) groups excluding carboxylic acids is 1. The molecule has 0 saturated carbocycles. The van der Waals surface area contributed by atoms with Gasteiger partial charge in [0.05, 0.1) is 16.9 Å². The molecule has 1 aliphatic rings. The van der Waals surface area contributed by atoms with Gasteiger partial charge in [-0.25, -0.2) is 4.98 Å². The summed E-state index contributed by atoms with van der Waals surface area (Å²) in [6.45, 7) is 1.76. The fourth-order valence-electron chi connectivity index (χ4n) is 3.57. The van der Waals surface area contributed by atoms with Crippen LogP contribution < -0.4 is 5.56 Å². The Kier molecular flexibility index (Phi) is 3.64. The molecular formula is C20H19N3O2. The van der Waals surface area contributed by atoms with Gasteiger partial charge < -0.3 is 4.90 Å². The third-order valence-corrected chi connectivity index (χ3v) is 4.96. The van der Waals surface area contributed by atoms with Gasteiger partial charge in [0.15, 0.2) is 0 Å². The van der Waals surface area contributed by atoms with Gasteiger partial charge in [0.2, 0.25) is 5.91 Å². The molecule has 1 aliphatic heterocycles. The highest BCUT2D eigenvalue weighted by Gasteiger charge is 2.37. The number of aromatic nitrogens is 2. The predicted octanol–water partition coefficient (Wildman–Crippen LogP) is 2.71. The Balaban J connectivity index is 1.94. The first-order chi connectivity index (χ1) is 12.1.